The van der Waals surface area contributed by atoms with E-state index < -0.39 is 5.91 Å². The van der Waals surface area contributed by atoms with Crippen molar-refractivity contribution in [1.82, 2.24) is 0 Å². The Morgan fingerprint density at radius 3 is 2.87 bits per heavy atom. The van der Waals surface area contributed by atoms with Crippen molar-refractivity contribution in [3.05, 3.63) is 42.2 Å². The smallest absolute Gasteiger partial charge is 0.250 e. The van der Waals surface area contributed by atoms with Crippen LogP contribution in [0.1, 0.15) is 10.4 Å². The summed E-state index contributed by atoms with van der Waals surface area (Å²) >= 11 is 0. The molecule has 0 saturated heterocycles. The molecule has 0 aromatic heterocycles. The van der Waals surface area contributed by atoms with Crippen LogP contribution in [0, 0.1) is 0 Å². The Balaban J connectivity index is 2.39. The number of primary amides is 1. The van der Waals surface area contributed by atoms with Crippen molar-refractivity contribution in [2.45, 2.75) is 0 Å². The second-order valence-corrected chi connectivity index (χ2v) is 3.05. The highest BCUT2D eigenvalue weighted by Gasteiger charge is 2.12. The lowest BCUT2D eigenvalue weighted by Crippen LogP contribution is -2.22. The van der Waals surface area contributed by atoms with E-state index in [0.717, 1.165) is 5.69 Å². The number of azo groups is 1. The van der Waals surface area contributed by atoms with Gasteiger partial charge in [-0.05, 0) is 12.1 Å². The molecular formula is C10H10N4O. The van der Waals surface area contributed by atoms with Gasteiger partial charge in [-0.25, -0.2) is 0 Å². The minimum atomic E-state index is -0.443. The number of anilines is 1. The number of benzene rings is 1. The number of carbonyl (C=O) groups is 1. The predicted octanol–water partition coefficient (Wildman–Crippen LogP) is 1.49. The van der Waals surface area contributed by atoms with E-state index in [1.54, 1.807) is 24.5 Å². The molecular weight excluding hydrogens is 192 g/mol. The zero-order valence-corrected chi connectivity index (χ0v) is 8.00. The van der Waals surface area contributed by atoms with Crippen LogP contribution in [-0.2, 0) is 0 Å². The van der Waals surface area contributed by atoms with E-state index in [2.05, 4.69) is 10.2 Å². The Bertz CT molecular complexity index is 439. The van der Waals surface area contributed by atoms with Crippen LogP contribution in [0.15, 0.2) is 46.9 Å². The molecule has 0 fully saturated rings. The third kappa shape index (κ3) is 1.85. The first-order valence-corrected chi connectivity index (χ1v) is 4.48. The summed E-state index contributed by atoms with van der Waals surface area (Å²) in [6.07, 6.45) is 3.33. The largest absolute Gasteiger partial charge is 0.366 e. The quantitative estimate of drug-likeness (QED) is 0.789. The van der Waals surface area contributed by atoms with Gasteiger partial charge in [0.2, 0.25) is 0 Å². The van der Waals surface area contributed by atoms with Crippen LogP contribution >= 0.6 is 0 Å². The van der Waals surface area contributed by atoms with E-state index in [-0.39, 0.29) is 0 Å². The number of para-hydroxylation sites is 1. The molecule has 1 aliphatic rings. The summed E-state index contributed by atoms with van der Waals surface area (Å²) in [6, 6.07) is 7.14. The molecule has 0 radical (unpaired) electrons. The first kappa shape index (κ1) is 9.39. The second-order valence-electron chi connectivity index (χ2n) is 3.05. The van der Waals surface area contributed by atoms with Crippen LogP contribution in [0.3, 0.4) is 0 Å². The maximum atomic E-state index is 11.2. The monoisotopic (exact) mass is 202 g/mol. The topological polar surface area (TPSA) is 71.1 Å². The maximum Gasteiger partial charge on any atom is 0.250 e. The summed E-state index contributed by atoms with van der Waals surface area (Å²) < 4.78 is 0. The highest BCUT2D eigenvalue weighted by molar-refractivity contribution is 5.98. The fourth-order valence-electron chi connectivity index (χ4n) is 1.40. The molecule has 0 aliphatic carbocycles. The molecule has 0 atom stereocenters. The van der Waals surface area contributed by atoms with Crippen LogP contribution < -0.4 is 10.6 Å². The van der Waals surface area contributed by atoms with Crippen LogP contribution in [0.5, 0.6) is 0 Å². The van der Waals surface area contributed by atoms with Crippen molar-refractivity contribution < 1.29 is 4.79 Å². The van der Waals surface area contributed by atoms with Crippen molar-refractivity contribution in [3.8, 4) is 0 Å². The molecule has 1 aromatic carbocycles. The fraction of sp³-hybridized carbons (Fsp3) is 0.100. The van der Waals surface area contributed by atoms with Gasteiger partial charge in [0.1, 0.15) is 6.67 Å². The van der Waals surface area contributed by atoms with Gasteiger partial charge in [0.25, 0.3) is 5.91 Å². The Morgan fingerprint density at radius 2 is 2.20 bits per heavy atom. The minimum Gasteiger partial charge on any atom is -0.366 e. The molecule has 1 amide bonds. The third-order valence-corrected chi connectivity index (χ3v) is 2.09. The molecule has 2 rings (SSSR count). The Kier molecular flexibility index (Phi) is 2.45. The Morgan fingerprint density at radius 1 is 1.40 bits per heavy atom. The van der Waals surface area contributed by atoms with Crippen LogP contribution in [0.4, 0.5) is 5.69 Å². The summed E-state index contributed by atoms with van der Waals surface area (Å²) in [6.45, 7) is 0.404. The van der Waals surface area contributed by atoms with E-state index in [1.807, 2.05) is 17.0 Å². The normalized spacial score (nSPS) is 14.3. The average Bonchev–Trinajstić information content (AvgIpc) is 2.30. The molecule has 1 aliphatic heterocycles. The van der Waals surface area contributed by atoms with Crippen molar-refractivity contribution in [3.63, 3.8) is 0 Å². The summed E-state index contributed by atoms with van der Waals surface area (Å²) in [5.41, 5.74) is 6.51. The van der Waals surface area contributed by atoms with Crippen molar-refractivity contribution in [2.75, 3.05) is 11.6 Å². The molecule has 1 heterocycles. The molecule has 2 N–H and O–H groups in total. The molecule has 0 unspecified atom stereocenters. The number of rotatable bonds is 2. The molecule has 0 saturated carbocycles. The van der Waals surface area contributed by atoms with E-state index in [1.165, 1.54) is 0 Å². The zero-order chi connectivity index (χ0) is 10.7. The SMILES string of the molecule is NC(=O)c1ccccc1N1C=CN=NC1. The lowest BCUT2D eigenvalue weighted by Gasteiger charge is -2.20. The molecule has 76 valence electrons. The Labute approximate surface area is 86.9 Å². The molecule has 0 bridgehead atoms. The third-order valence-electron chi connectivity index (χ3n) is 2.09. The minimum absolute atomic E-state index is 0.404. The molecule has 5 nitrogen and oxygen atoms in total. The highest BCUT2D eigenvalue weighted by atomic mass is 16.1. The van der Waals surface area contributed by atoms with Gasteiger partial charge in [-0.2, -0.15) is 10.2 Å². The predicted molar refractivity (Wildman–Crippen MR) is 56.3 cm³/mol. The first-order chi connectivity index (χ1) is 7.29. The van der Waals surface area contributed by atoms with Crippen molar-refractivity contribution >= 4 is 11.6 Å². The molecule has 1 aromatic rings. The summed E-state index contributed by atoms with van der Waals surface area (Å²) in [5, 5.41) is 7.56. The van der Waals surface area contributed by atoms with E-state index in [4.69, 9.17) is 5.73 Å². The van der Waals surface area contributed by atoms with Gasteiger partial charge in [0.15, 0.2) is 0 Å². The summed E-state index contributed by atoms with van der Waals surface area (Å²) in [4.78, 5) is 13.0. The van der Waals surface area contributed by atoms with Crippen molar-refractivity contribution in [2.24, 2.45) is 16.0 Å². The number of nitrogens with two attached hydrogens (primary N) is 1. The van der Waals surface area contributed by atoms with Crippen LogP contribution in [0.25, 0.3) is 0 Å². The summed E-state index contributed by atoms with van der Waals surface area (Å²) in [5.74, 6) is -0.443. The summed E-state index contributed by atoms with van der Waals surface area (Å²) in [7, 11) is 0. The van der Waals surface area contributed by atoms with Gasteiger partial charge >= 0.3 is 0 Å². The van der Waals surface area contributed by atoms with E-state index in [0.29, 0.717) is 12.2 Å². The fourth-order valence-corrected chi connectivity index (χ4v) is 1.40. The number of hydrogen-bond acceptors (Lipinski definition) is 4. The molecule has 5 heteroatoms. The zero-order valence-electron chi connectivity index (χ0n) is 8.00. The van der Waals surface area contributed by atoms with Gasteiger partial charge in [0, 0.05) is 6.20 Å². The number of amides is 1. The van der Waals surface area contributed by atoms with Gasteiger partial charge in [-0.15, -0.1) is 0 Å². The lowest BCUT2D eigenvalue weighted by molar-refractivity contribution is 0.100. The number of hydrogen-bond donors (Lipinski definition) is 1. The Hall–Kier alpha value is -2.17. The average molecular weight is 202 g/mol. The van der Waals surface area contributed by atoms with Crippen molar-refractivity contribution in [1.29, 1.82) is 0 Å². The highest BCUT2D eigenvalue weighted by Crippen LogP contribution is 2.21. The van der Waals surface area contributed by atoms with Gasteiger partial charge in [-0.3, -0.25) is 4.79 Å². The van der Waals surface area contributed by atoms with Gasteiger partial charge < -0.3 is 10.6 Å². The molecule has 15 heavy (non-hydrogen) atoms. The lowest BCUT2D eigenvalue weighted by atomic mass is 10.1. The second kappa shape index (κ2) is 3.91. The van der Waals surface area contributed by atoms with Gasteiger partial charge in [0.05, 0.1) is 17.5 Å². The molecule has 0 spiro atoms. The van der Waals surface area contributed by atoms with Gasteiger partial charge in [-0.1, -0.05) is 12.1 Å². The standard InChI is InChI=1S/C10H10N4O/c11-10(15)8-3-1-2-4-9(8)14-6-5-12-13-7-14/h1-6H,7H2,(H2,11,15). The first-order valence-electron chi connectivity index (χ1n) is 4.48. The maximum absolute atomic E-state index is 11.2. The van der Waals surface area contributed by atoms with E-state index >= 15 is 0 Å². The number of carbonyl (C=O) groups excluding carboxylic acids is 1. The van der Waals surface area contributed by atoms with E-state index in [9.17, 15) is 4.79 Å². The van der Waals surface area contributed by atoms with Crippen LogP contribution in [-0.4, -0.2) is 12.6 Å². The van der Waals surface area contributed by atoms with Crippen LogP contribution in [0.2, 0.25) is 0 Å². The number of nitrogens with zero attached hydrogens (tertiary/aromatic N) is 3.